The molecule has 2 aromatic rings. The molecule has 166 valence electrons. The van der Waals surface area contributed by atoms with E-state index in [1.54, 1.807) is 6.20 Å². The first-order chi connectivity index (χ1) is 15.7. The first-order valence-electron chi connectivity index (χ1n) is 11.7. The molecule has 0 atom stereocenters. The minimum atomic E-state index is 0.123. The van der Waals surface area contributed by atoms with Crippen LogP contribution in [0.1, 0.15) is 41.6 Å². The third-order valence-electron chi connectivity index (χ3n) is 6.85. The predicted molar refractivity (Wildman–Crippen MR) is 130 cm³/mol. The Labute approximate surface area is 190 Å². The van der Waals surface area contributed by atoms with Crippen molar-refractivity contribution >= 4 is 23.1 Å². The fourth-order valence-electron chi connectivity index (χ4n) is 5.11. The lowest BCUT2D eigenvalue weighted by molar-refractivity contribution is 0.0644. The van der Waals surface area contributed by atoms with Crippen LogP contribution in [0.2, 0.25) is 0 Å². The van der Waals surface area contributed by atoms with E-state index >= 15 is 0 Å². The summed E-state index contributed by atoms with van der Waals surface area (Å²) in [6.45, 7) is 4.65. The number of nitrogens with two attached hydrogens (primary N) is 1. The summed E-state index contributed by atoms with van der Waals surface area (Å²) in [4.78, 5) is 24.4. The third-order valence-corrected chi connectivity index (χ3v) is 6.85. The van der Waals surface area contributed by atoms with Crippen LogP contribution in [0, 0.1) is 0 Å². The largest absolute Gasteiger partial charge is 0.386 e. The number of piperidine rings is 1. The van der Waals surface area contributed by atoms with Gasteiger partial charge in [0.05, 0.1) is 18.4 Å². The zero-order chi connectivity index (χ0) is 21.9. The van der Waals surface area contributed by atoms with Crippen LogP contribution in [0.3, 0.4) is 0 Å². The van der Waals surface area contributed by atoms with Crippen LogP contribution in [0.5, 0.6) is 0 Å². The van der Waals surface area contributed by atoms with Gasteiger partial charge in [0.15, 0.2) is 0 Å². The van der Waals surface area contributed by atoms with E-state index in [1.165, 1.54) is 25.9 Å². The average molecular weight is 430 g/mol. The van der Waals surface area contributed by atoms with Gasteiger partial charge in [-0.3, -0.25) is 4.79 Å². The summed E-state index contributed by atoms with van der Waals surface area (Å²) in [5.74, 6) is 0.697. The van der Waals surface area contributed by atoms with Gasteiger partial charge in [-0.1, -0.05) is 30.3 Å². The number of anilines is 1. The van der Waals surface area contributed by atoms with Crippen molar-refractivity contribution < 1.29 is 4.79 Å². The molecule has 3 aliphatic rings. The Morgan fingerprint density at radius 3 is 2.44 bits per heavy atom. The van der Waals surface area contributed by atoms with E-state index in [-0.39, 0.29) is 5.91 Å². The molecule has 0 radical (unpaired) electrons. The zero-order valence-corrected chi connectivity index (χ0v) is 18.5. The standard InChI is InChI=1S/C26H31N5O/c27-25-19-31(23-9-2-1-3-10-23)24(18-28-25)20-7-6-8-21(17-20)26(32)30-15-11-22(12-16-30)29-13-4-5-14-29/h1-3,6-10,17-18,22H,4-5,11-16,19H2,(H2,27,28). The van der Waals surface area contributed by atoms with Gasteiger partial charge >= 0.3 is 0 Å². The lowest BCUT2D eigenvalue weighted by atomic mass is 10.0. The van der Waals surface area contributed by atoms with Crippen molar-refractivity contribution in [2.24, 2.45) is 10.7 Å². The normalized spacial score (nSPS) is 20.2. The summed E-state index contributed by atoms with van der Waals surface area (Å²) in [6, 6.07) is 18.7. The van der Waals surface area contributed by atoms with Gasteiger partial charge in [-0.05, 0) is 63.0 Å². The number of aliphatic imine (C=N–C) groups is 1. The molecule has 5 rings (SSSR count). The van der Waals surface area contributed by atoms with Crippen LogP contribution >= 0.6 is 0 Å². The molecule has 0 spiro atoms. The molecule has 0 aromatic heterocycles. The van der Waals surface area contributed by atoms with E-state index in [0.29, 0.717) is 18.4 Å². The highest BCUT2D eigenvalue weighted by molar-refractivity contribution is 5.98. The maximum absolute atomic E-state index is 13.3. The maximum Gasteiger partial charge on any atom is 0.253 e. The van der Waals surface area contributed by atoms with Gasteiger partial charge in [-0.25, -0.2) is 4.99 Å². The van der Waals surface area contributed by atoms with E-state index < -0.39 is 0 Å². The summed E-state index contributed by atoms with van der Waals surface area (Å²) in [5.41, 5.74) is 9.75. The Kier molecular flexibility index (Phi) is 5.95. The van der Waals surface area contributed by atoms with Crippen molar-refractivity contribution in [3.8, 4) is 0 Å². The Morgan fingerprint density at radius 2 is 1.69 bits per heavy atom. The van der Waals surface area contributed by atoms with Gasteiger partial charge in [0.25, 0.3) is 5.91 Å². The summed E-state index contributed by atoms with van der Waals surface area (Å²) < 4.78 is 0. The number of rotatable bonds is 4. The fraction of sp³-hybridized carbons (Fsp3) is 0.385. The molecule has 2 aromatic carbocycles. The zero-order valence-electron chi connectivity index (χ0n) is 18.5. The molecule has 2 N–H and O–H groups in total. The second-order valence-electron chi connectivity index (χ2n) is 8.90. The van der Waals surface area contributed by atoms with E-state index in [4.69, 9.17) is 5.73 Å². The van der Waals surface area contributed by atoms with Crippen LogP contribution in [0.4, 0.5) is 5.69 Å². The third kappa shape index (κ3) is 4.28. The average Bonchev–Trinajstić information content (AvgIpc) is 3.39. The minimum Gasteiger partial charge on any atom is -0.386 e. The highest BCUT2D eigenvalue weighted by Crippen LogP contribution is 2.29. The number of amidine groups is 1. The number of carbonyl (C=O) groups is 1. The SMILES string of the molecule is NC1=NC=C(c2cccc(C(=O)N3CCC(N4CCCC4)CC3)c2)N(c2ccccc2)C1. The van der Waals surface area contributed by atoms with Gasteiger partial charge in [0.2, 0.25) is 0 Å². The topological polar surface area (TPSA) is 65.2 Å². The minimum absolute atomic E-state index is 0.123. The molecule has 0 unspecified atom stereocenters. The van der Waals surface area contributed by atoms with Gasteiger partial charge in [-0.15, -0.1) is 0 Å². The van der Waals surface area contributed by atoms with Crippen LogP contribution in [-0.2, 0) is 0 Å². The number of amides is 1. The quantitative estimate of drug-likeness (QED) is 0.807. The summed E-state index contributed by atoms with van der Waals surface area (Å²) in [5, 5.41) is 0. The molecule has 2 fully saturated rings. The van der Waals surface area contributed by atoms with Gasteiger partial charge in [0, 0.05) is 35.9 Å². The predicted octanol–water partition coefficient (Wildman–Crippen LogP) is 3.56. The number of hydrogen-bond donors (Lipinski definition) is 1. The fourth-order valence-corrected chi connectivity index (χ4v) is 5.11. The van der Waals surface area contributed by atoms with Crippen LogP contribution in [0.25, 0.3) is 5.70 Å². The van der Waals surface area contributed by atoms with Gasteiger partial charge in [-0.2, -0.15) is 0 Å². The molecular formula is C26H31N5O. The van der Waals surface area contributed by atoms with E-state index in [2.05, 4.69) is 26.9 Å². The van der Waals surface area contributed by atoms with Gasteiger partial charge < -0.3 is 20.4 Å². The van der Waals surface area contributed by atoms with E-state index in [9.17, 15) is 4.79 Å². The molecule has 6 nitrogen and oxygen atoms in total. The van der Waals surface area contributed by atoms with Crippen molar-refractivity contribution in [3.63, 3.8) is 0 Å². The van der Waals surface area contributed by atoms with Crippen LogP contribution in [0.15, 0.2) is 65.8 Å². The highest BCUT2D eigenvalue weighted by Gasteiger charge is 2.29. The smallest absolute Gasteiger partial charge is 0.253 e. The lowest BCUT2D eigenvalue weighted by Crippen LogP contribution is -2.45. The molecule has 3 heterocycles. The molecule has 32 heavy (non-hydrogen) atoms. The summed E-state index contributed by atoms with van der Waals surface area (Å²) >= 11 is 0. The second kappa shape index (κ2) is 9.17. The Hall–Kier alpha value is -3.12. The summed E-state index contributed by atoms with van der Waals surface area (Å²) in [7, 11) is 0. The van der Waals surface area contributed by atoms with Gasteiger partial charge in [0.1, 0.15) is 5.84 Å². The molecule has 1 amide bonds. The number of para-hydroxylation sites is 1. The lowest BCUT2D eigenvalue weighted by Gasteiger charge is -2.36. The van der Waals surface area contributed by atoms with Crippen molar-refractivity contribution in [1.82, 2.24) is 9.80 Å². The molecule has 6 heteroatoms. The molecule has 3 aliphatic heterocycles. The first kappa shape index (κ1) is 20.8. The number of nitrogens with zero attached hydrogens (tertiary/aromatic N) is 4. The number of benzene rings is 2. The van der Waals surface area contributed by atoms with Crippen LogP contribution < -0.4 is 10.6 Å². The summed E-state index contributed by atoms with van der Waals surface area (Å²) in [6.07, 6.45) is 6.59. The maximum atomic E-state index is 13.3. The second-order valence-corrected chi connectivity index (χ2v) is 8.90. The monoisotopic (exact) mass is 429 g/mol. The molecule has 2 saturated heterocycles. The molecular weight excluding hydrogens is 398 g/mol. The Balaban J connectivity index is 1.33. The Morgan fingerprint density at radius 1 is 0.938 bits per heavy atom. The van der Waals surface area contributed by atoms with Crippen molar-refractivity contribution in [2.75, 3.05) is 37.6 Å². The van der Waals surface area contributed by atoms with E-state index in [1.807, 2.05) is 47.4 Å². The number of hydrogen-bond acceptors (Lipinski definition) is 5. The Bertz CT molecular complexity index is 1020. The molecule has 0 saturated carbocycles. The molecule has 0 bridgehead atoms. The number of carbonyl (C=O) groups excluding carboxylic acids is 1. The highest BCUT2D eigenvalue weighted by atomic mass is 16.2. The van der Waals surface area contributed by atoms with Crippen molar-refractivity contribution in [1.29, 1.82) is 0 Å². The van der Waals surface area contributed by atoms with Crippen molar-refractivity contribution in [2.45, 2.75) is 31.7 Å². The van der Waals surface area contributed by atoms with E-state index in [0.717, 1.165) is 48.4 Å². The number of likely N-dealkylation sites (tertiary alicyclic amines) is 2. The molecule has 0 aliphatic carbocycles. The van der Waals surface area contributed by atoms with Crippen LogP contribution in [-0.4, -0.2) is 60.3 Å². The first-order valence-corrected chi connectivity index (χ1v) is 11.7. The van der Waals surface area contributed by atoms with Crippen molar-refractivity contribution in [3.05, 3.63) is 71.9 Å².